The molecule has 3 aromatic carbocycles. The molecule has 0 amide bonds. The van der Waals surface area contributed by atoms with Crippen molar-refractivity contribution in [3.63, 3.8) is 0 Å². The highest BCUT2D eigenvalue weighted by molar-refractivity contribution is 9.10. The Hall–Kier alpha value is -3.48. The lowest BCUT2D eigenvalue weighted by atomic mass is 10.0. The fourth-order valence-electron chi connectivity index (χ4n) is 2.54. The zero-order valence-corrected chi connectivity index (χ0v) is 17.6. The molecule has 0 N–H and O–H groups in total. The zero-order valence-electron chi connectivity index (χ0n) is 15.2. The molecule has 0 heterocycles. The van der Waals surface area contributed by atoms with E-state index in [2.05, 4.69) is 22.0 Å². The Balaban J connectivity index is 1.87. The quantitative estimate of drug-likeness (QED) is 0.156. The van der Waals surface area contributed by atoms with Gasteiger partial charge in [0.25, 0.3) is 5.69 Å². The SMILES string of the molecule is N#C/C(=C\c1ccc(OS(=O)(=O)c2ccccc2)c(Br)c1)c1ccc([N+](=O)[O-])cc1. The Morgan fingerprint density at radius 3 is 2.30 bits per heavy atom. The van der Waals surface area contributed by atoms with Crippen LogP contribution in [0.2, 0.25) is 0 Å². The summed E-state index contributed by atoms with van der Waals surface area (Å²) in [7, 11) is -3.98. The fraction of sp³-hybridized carbons (Fsp3) is 0. The van der Waals surface area contributed by atoms with Crippen molar-refractivity contribution in [2.24, 2.45) is 0 Å². The monoisotopic (exact) mass is 484 g/mol. The van der Waals surface area contributed by atoms with Crippen LogP contribution in [-0.2, 0) is 10.1 Å². The molecule has 0 aromatic heterocycles. The van der Waals surface area contributed by atoms with Gasteiger partial charge in [-0.1, -0.05) is 24.3 Å². The maximum absolute atomic E-state index is 12.4. The summed E-state index contributed by atoms with van der Waals surface area (Å²) in [5.74, 6) is 0.102. The van der Waals surface area contributed by atoms with Crippen LogP contribution in [0, 0.1) is 21.4 Å². The number of nitro groups is 1. The second-order valence-electron chi connectivity index (χ2n) is 6.01. The molecular formula is C21H13BrN2O5S. The van der Waals surface area contributed by atoms with Crippen LogP contribution in [0.1, 0.15) is 11.1 Å². The molecule has 0 aliphatic rings. The minimum absolute atomic E-state index is 0.0332. The number of nitro benzene ring substituents is 1. The first-order chi connectivity index (χ1) is 14.3. The van der Waals surface area contributed by atoms with Crippen LogP contribution in [-0.4, -0.2) is 13.3 Å². The summed E-state index contributed by atoms with van der Waals surface area (Å²) < 4.78 is 30.3. The lowest BCUT2D eigenvalue weighted by Crippen LogP contribution is -2.09. The standard InChI is InChI=1S/C21H13BrN2O5S/c22-20-13-15(12-17(14-23)16-7-9-18(10-8-16)24(25)26)6-11-21(20)29-30(27,28)19-4-2-1-3-5-19/h1-13H/b17-12+. The van der Waals surface area contributed by atoms with Crippen LogP contribution in [0.4, 0.5) is 5.69 Å². The highest BCUT2D eigenvalue weighted by Gasteiger charge is 2.18. The van der Waals surface area contributed by atoms with Crippen LogP contribution in [0.5, 0.6) is 5.75 Å². The first-order valence-corrected chi connectivity index (χ1v) is 10.7. The number of halogens is 1. The molecule has 0 aliphatic heterocycles. The fourth-order valence-corrected chi connectivity index (χ4v) is 4.09. The maximum atomic E-state index is 12.4. The van der Waals surface area contributed by atoms with Crippen molar-refractivity contribution in [2.75, 3.05) is 0 Å². The molecule has 0 saturated carbocycles. The third kappa shape index (κ3) is 4.92. The van der Waals surface area contributed by atoms with Crippen LogP contribution in [0.25, 0.3) is 11.6 Å². The lowest BCUT2D eigenvalue weighted by Gasteiger charge is -2.09. The topological polar surface area (TPSA) is 110 Å². The predicted octanol–water partition coefficient (Wildman–Crippen LogP) is 5.19. The third-order valence-corrected chi connectivity index (χ3v) is 5.88. The number of nitrogens with zero attached hydrogens (tertiary/aromatic N) is 2. The van der Waals surface area contributed by atoms with E-state index in [1.807, 2.05) is 0 Å². The van der Waals surface area contributed by atoms with Gasteiger partial charge in [-0.3, -0.25) is 10.1 Å². The average Bonchev–Trinajstić information content (AvgIpc) is 2.74. The highest BCUT2D eigenvalue weighted by Crippen LogP contribution is 2.30. The molecule has 0 bridgehead atoms. The molecule has 0 unspecified atom stereocenters. The second kappa shape index (κ2) is 8.90. The highest BCUT2D eigenvalue weighted by atomic mass is 79.9. The van der Waals surface area contributed by atoms with Crippen molar-refractivity contribution < 1.29 is 17.5 Å². The Morgan fingerprint density at radius 2 is 1.73 bits per heavy atom. The van der Waals surface area contributed by atoms with Crippen LogP contribution in [0.15, 0.2) is 82.2 Å². The van der Waals surface area contributed by atoms with E-state index in [1.54, 1.807) is 36.4 Å². The van der Waals surface area contributed by atoms with Gasteiger partial charge in [0.05, 0.1) is 21.0 Å². The van der Waals surface area contributed by atoms with Gasteiger partial charge in [-0.15, -0.1) is 0 Å². The molecule has 3 rings (SSSR count). The normalized spacial score (nSPS) is 11.5. The van der Waals surface area contributed by atoms with Crippen LogP contribution >= 0.6 is 15.9 Å². The molecular weight excluding hydrogens is 472 g/mol. The molecule has 30 heavy (non-hydrogen) atoms. The van der Waals surface area contributed by atoms with Gasteiger partial charge in [-0.05, 0) is 69.5 Å². The van der Waals surface area contributed by atoms with Crippen LogP contribution < -0.4 is 4.18 Å². The largest absolute Gasteiger partial charge is 0.378 e. The van der Waals surface area contributed by atoms with E-state index >= 15 is 0 Å². The van der Waals surface area contributed by atoms with E-state index in [0.29, 0.717) is 21.2 Å². The third-order valence-electron chi connectivity index (χ3n) is 4.01. The van der Waals surface area contributed by atoms with Crippen molar-refractivity contribution in [2.45, 2.75) is 4.90 Å². The van der Waals surface area contributed by atoms with Crippen LogP contribution in [0.3, 0.4) is 0 Å². The summed E-state index contributed by atoms with van der Waals surface area (Å²) in [6, 6.07) is 20.1. The Bertz CT molecular complexity index is 1260. The molecule has 0 aliphatic carbocycles. The number of nitriles is 1. The minimum atomic E-state index is -3.98. The van der Waals surface area contributed by atoms with E-state index in [-0.39, 0.29) is 16.3 Å². The van der Waals surface area contributed by atoms with E-state index < -0.39 is 15.0 Å². The number of rotatable bonds is 6. The van der Waals surface area contributed by atoms with Gasteiger partial charge < -0.3 is 4.18 Å². The van der Waals surface area contributed by atoms with Gasteiger partial charge in [0.15, 0.2) is 5.75 Å². The van der Waals surface area contributed by atoms with Gasteiger partial charge in [0.2, 0.25) is 0 Å². The Morgan fingerprint density at radius 1 is 1.07 bits per heavy atom. The summed E-state index contributed by atoms with van der Waals surface area (Å²) in [4.78, 5) is 10.3. The molecule has 0 saturated heterocycles. The lowest BCUT2D eigenvalue weighted by molar-refractivity contribution is -0.384. The van der Waals surface area contributed by atoms with E-state index in [1.165, 1.54) is 42.5 Å². The number of allylic oxidation sites excluding steroid dienone is 1. The zero-order chi connectivity index (χ0) is 21.7. The molecule has 3 aromatic rings. The van der Waals surface area contributed by atoms with E-state index in [9.17, 15) is 23.8 Å². The van der Waals surface area contributed by atoms with Crippen molar-refractivity contribution in [3.8, 4) is 11.8 Å². The summed E-state index contributed by atoms with van der Waals surface area (Å²) >= 11 is 3.29. The molecule has 0 fully saturated rings. The second-order valence-corrected chi connectivity index (χ2v) is 8.41. The molecule has 9 heteroatoms. The number of non-ortho nitro benzene ring substituents is 1. The number of benzene rings is 3. The molecule has 7 nitrogen and oxygen atoms in total. The maximum Gasteiger partial charge on any atom is 0.339 e. The molecule has 0 spiro atoms. The van der Waals surface area contributed by atoms with Gasteiger partial charge in [0, 0.05) is 12.1 Å². The van der Waals surface area contributed by atoms with Gasteiger partial charge >= 0.3 is 10.1 Å². The summed E-state index contributed by atoms with van der Waals surface area (Å²) in [5.41, 5.74) is 1.36. The molecule has 0 radical (unpaired) electrons. The van der Waals surface area contributed by atoms with Gasteiger partial charge in [-0.25, -0.2) is 0 Å². The molecule has 0 atom stereocenters. The van der Waals surface area contributed by atoms with E-state index in [0.717, 1.165) is 0 Å². The van der Waals surface area contributed by atoms with E-state index in [4.69, 9.17) is 4.18 Å². The van der Waals surface area contributed by atoms with Gasteiger partial charge in [-0.2, -0.15) is 13.7 Å². The predicted molar refractivity (Wildman–Crippen MR) is 115 cm³/mol. The summed E-state index contributed by atoms with van der Waals surface area (Å²) in [6.07, 6.45) is 1.58. The summed E-state index contributed by atoms with van der Waals surface area (Å²) in [5, 5.41) is 20.2. The van der Waals surface area contributed by atoms with Gasteiger partial charge in [0.1, 0.15) is 4.90 Å². The first kappa shape index (κ1) is 21.2. The van der Waals surface area contributed by atoms with Crippen molar-refractivity contribution in [1.82, 2.24) is 0 Å². The molecule has 150 valence electrons. The van der Waals surface area contributed by atoms with Crippen molar-refractivity contribution in [3.05, 3.63) is 98.5 Å². The summed E-state index contributed by atoms with van der Waals surface area (Å²) in [6.45, 7) is 0. The number of hydrogen-bond donors (Lipinski definition) is 0. The average molecular weight is 485 g/mol. The first-order valence-electron chi connectivity index (χ1n) is 8.46. The number of hydrogen-bond acceptors (Lipinski definition) is 6. The Labute approximate surface area is 181 Å². The Kier molecular flexibility index (Phi) is 6.30. The van der Waals surface area contributed by atoms with Crippen molar-refractivity contribution in [1.29, 1.82) is 5.26 Å². The smallest absolute Gasteiger partial charge is 0.339 e. The van der Waals surface area contributed by atoms with Crippen molar-refractivity contribution >= 4 is 43.4 Å². The minimum Gasteiger partial charge on any atom is -0.378 e.